The maximum atomic E-state index is 13.1. The minimum absolute atomic E-state index is 0.0655. The van der Waals surface area contributed by atoms with Gasteiger partial charge in [0.25, 0.3) is 11.8 Å². The van der Waals surface area contributed by atoms with Gasteiger partial charge < -0.3 is 10.2 Å². The lowest BCUT2D eigenvalue weighted by Gasteiger charge is -2.29. The van der Waals surface area contributed by atoms with Crippen LogP contribution in [0.4, 0.5) is 5.69 Å². The average molecular weight is 365 g/mol. The highest BCUT2D eigenvalue weighted by molar-refractivity contribution is 6.37. The maximum absolute atomic E-state index is 13.1. The second kappa shape index (κ2) is 8.39. The van der Waals surface area contributed by atoms with Crippen LogP contribution in [-0.4, -0.2) is 24.4 Å². The molecule has 0 saturated heterocycles. The van der Waals surface area contributed by atoms with E-state index in [0.29, 0.717) is 18.0 Å². The molecule has 2 unspecified atom stereocenters. The number of carbonyl (C=O) groups excluding carboxylic acids is 2. The number of unbranched alkanes of at least 4 members (excludes halogenated alkanes) is 1. The number of nitriles is 1. The number of benzene rings is 1. The van der Waals surface area contributed by atoms with Gasteiger partial charge in [-0.25, -0.2) is 0 Å². The number of nitrogens with zero attached hydrogens (tertiary/aromatic N) is 2. The maximum Gasteiger partial charge on any atom is 0.263 e. The molecule has 1 heterocycles. The zero-order chi connectivity index (χ0) is 19.4. The molecule has 2 amide bonds. The predicted molar refractivity (Wildman–Crippen MR) is 106 cm³/mol. The summed E-state index contributed by atoms with van der Waals surface area (Å²) in [4.78, 5) is 27.7. The van der Waals surface area contributed by atoms with Crippen molar-refractivity contribution in [2.75, 3.05) is 11.4 Å². The summed E-state index contributed by atoms with van der Waals surface area (Å²) < 4.78 is 0. The Morgan fingerprint density at radius 1 is 1.30 bits per heavy atom. The molecule has 1 aromatic carbocycles. The monoisotopic (exact) mass is 365 g/mol. The molecule has 3 rings (SSSR count). The number of fused-ring (bicyclic) bond motifs is 1. The van der Waals surface area contributed by atoms with E-state index in [1.54, 1.807) is 4.90 Å². The molecule has 1 saturated carbocycles. The molecule has 0 bridgehead atoms. The van der Waals surface area contributed by atoms with Gasteiger partial charge in [0.2, 0.25) is 0 Å². The number of carbonyl (C=O) groups is 2. The number of hydrogen-bond donors (Lipinski definition) is 1. The van der Waals surface area contributed by atoms with E-state index in [-0.39, 0.29) is 23.1 Å². The zero-order valence-electron chi connectivity index (χ0n) is 16.1. The number of nitrogens with one attached hydrogen (secondary N) is 1. The Labute approximate surface area is 161 Å². The van der Waals surface area contributed by atoms with Crippen molar-refractivity contribution in [1.82, 2.24) is 5.32 Å². The Balaban J connectivity index is 1.94. The fraction of sp³-hybridized carbons (Fsp3) is 0.500. The summed E-state index contributed by atoms with van der Waals surface area (Å²) in [6.45, 7) is 4.80. The molecule has 142 valence electrons. The molecule has 1 aliphatic heterocycles. The van der Waals surface area contributed by atoms with Crippen molar-refractivity contribution < 1.29 is 9.59 Å². The molecule has 27 heavy (non-hydrogen) atoms. The third kappa shape index (κ3) is 3.75. The molecule has 5 heteroatoms. The lowest BCUT2D eigenvalue weighted by molar-refractivity contribution is -0.119. The standard InChI is InChI=1S/C22H27N3O2/c1-3-4-13-25-19-12-8-6-10-16(19)20(22(25)27)17(14-23)21(26)24-18-11-7-5-9-15(18)2/h6,8,10,12,15,18H,3-5,7,9,11,13H2,1-2H3,(H,24,26). The molecule has 2 aliphatic rings. The van der Waals surface area contributed by atoms with Crippen LogP contribution in [0.3, 0.4) is 0 Å². The van der Waals surface area contributed by atoms with E-state index in [2.05, 4.69) is 19.2 Å². The zero-order valence-corrected chi connectivity index (χ0v) is 16.1. The number of amides is 2. The third-order valence-electron chi connectivity index (χ3n) is 5.68. The smallest absolute Gasteiger partial charge is 0.263 e. The van der Waals surface area contributed by atoms with Crippen LogP contribution in [-0.2, 0) is 9.59 Å². The van der Waals surface area contributed by atoms with Crippen molar-refractivity contribution in [2.45, 2.75) is 58.4 Å². The van der Waals surface area contributed by atoms with Gasteiger partial charge in [-0.3, -0.25) is 9.59 Å². The van der Waals surface area contributed by atoms with E-state index in [4.69, 9.17) is 0 Å². The van der Waals surface area contributed by atoms with Crippen molar-refractivity contribution in [2.24, 2.45) is 5.92 Å². The summed E-state index contributed by atoms with van der Waals surface area (Å²) in [7, 11) is 0. The summed E-state index contributed by atoms with van der Waals surface area (Å²) in [6, 6.07) is 9.50. The Hall–Kier alpha value is -2.61. The van der Waals surface area contributed by atoms with Crippen LogP contribution >= 0.6 is 0 Å². The number of hydrogen-bond acceptors (Lipinski definition) is 3. The lowest BCUT2D eigenvalue weighted by atomic mass is 9.85. The van der Waals surface area contributed by atoms with Crippen LogP contribution in [0.5, 0.6) is 0 Å². The number of rotatable bonds is 5. The summed E-state index contributed by atoms with van der Waals surface area (Å²) in [6.07, 6.45) is 6.11. The Morgan fingerprint density at radius 3 is 2.74 bits per heavy atom. The van der Waals surface area contributed by atoms with Gasteiger partial charge in [0, 0.05) is 18.2 Å². The van der Waals surface area contributed by atoms with Gasteiger partial charge in [0.15, 0.2) is 0 Å². The van der Waals surface area contributed by atoms with Crippen LogP contribution in [0, 0.1) is 17.2 Å². The molecule has 0 aromatic heterocycles. The molecule has 1 fully saturated rings. The van der Waals surface area contributed by atoms with Crippen LogP contribution < -0.4 is 10.2 Å². The lowest BCUT2D eigenvalue weighted by Crippen LogP contribution is -2.42. The van der Waals surface area contributed by atoms with Gasteiger partial charge in [0.1, 0.15) is 11.6 Å². The van der Waals surface area contributed by atoms with Gasteiger partial charge in [0.05, 0.1) is 11.3 Å². The van der Waals surface area contributed by atoms with Crippen molar-refractivity contribution in [3.63, 3.8) is 0 Å². The van der Waals surface area contributed by atoms with Crippen molar-refractivity contribution in [3.8, 4) is 6.07 Å². The fourth-order valence-corrected chi connectivity index (χ4v) is 4.05. The highest BCUT2D eigenvalue weighted by Crippen LogP contribution is 2.38. The van der Waals surface area contributed by atoms with Crippen LogP contribution in [0.15, 0.2) is 29.8 Å². The first-order valence-electron chi connectivity index (χ1n) is 9.95. The van der Waals surface area contributed by atoms with Gasteiger partial charge >= 0.3 is 0 Å². The molecule has 0 radical (unpaired) electrons. The second-order valence-electron chi connectivity index (χ2n) is 7.53. The van der Waals surface area contributed by atoms with E-state index in [0.717, 1.165) is 37.8 Å². The first kappa shape index (κ1) is 19.2. The molecule has 1 N–H and O–H groups in total. The van der Waals surface area contributed by atoms with E-state index < -0.39 is 5.91 Å². The summed E-state index contributed by atoms with van der Waals surface area (Å²) >= 11 is 0. The Kier molecular flexibility index (Phi) is 5.95. The molecule has 5 nitrogen and oxygen atoms in total. The molecule has 1 aromatic rings. The van der Waals surface area contributed by atoms with Crippen LogP contribution in [0.2, 0.25) is 0 Å². The quantitative estimate of drug-likeness (QED) is 0.637. The van der Waals surface area contributed by atoms with Crippen LogP contribution in [0.1, 0.15) is 57.9 Å². The first-order chi connectivity index (χ1) is 13.1. The van der Waals surface area contributed by atoms with E-state index in [1.165, 1.54) is 6.42 Å². The summed E-state index contributed by atoms with van der Waals surface area (Å²) in [5.74, 6) is -0.278. The highest BCUT2D eigenvalue weighted by atomic mass is 16.2. The Morgan fingerprint density at radius 2 is 2.04 bits per heavy atom. The average Bonchev–Trinajstić information content (AvgIpc) is 2.95. The molecular weight excluding hydrogens is 338 g/mol. The van der Waals surface area contributed by atoms with Gasteiger partial charge in [-0.1, -0.05) is 51.3 Å². The SMILES string of the molecule is CCCCN1C(=O)C(=C(C#N)C(=O)NC2CCCCC2C)c2ccccc21. The van der Waals surface area contributed by atoms with Gasteiger partial charge in [-0.15, -0.1) is 0 Å². The van der Waals surface area contributed by atoms with Crippen molar-refractivity contribution >= 4 is 23.1 Å². The number of para-hydroxylation sites is 1. The minimum Gasteiger partial charge on any atom is -0.348 e. The normalized spacial score (nSPS) is 23.6. The number of anilines is 1. The minimum atomic E-state index is -0.424. The van der Waals surface area contributed by atoms with E-state index >= 15 is 0 Å². The molecular formula is C22H27N3O2. The molecule has 0 spiro atoms. The molecule has 1 aliphatic carbocycles. The largest absolute Gasteiger partial charge is 0.348 e. The van der Waals surface area contributed by atoms with Crippen molar-refractivity contribution in [1.29, 1.82) is 5.26 Å². The van der Waals surface area contributed by atoms with Crippen LogP contribution in [0.25, 0.3) is 5.57 Å². The first-order valence-corrected chi connectivity index (χ1v) is 9.95. The van der Waals surface area contributed by atoms with Gasteiger partial charge in [-0.05, 0) is 31.2 Å². The Bertz CT molecular complexity index is 806. The summed E-state index contributed by atoms with van der Waals surface area (Å²) in [5.41, 5.74) is 1.65. The van der Waals surface area contributed by atoms with Gasteiger partial charge in [-0.2, -0.15) is 5.26 Å². The topological polar surface area (TPSA) is 73.2 Å². The van der Waals surface area contributed by atoms with E-state index in [9.17, 15) is 14.9 Å². The second-order valence-corrected chi connectivity index (χ2v) is 7.53. The van der Waals surface area contributed by atoms with Crippen molar-refractivity contribution in [3.05, 3.63) is 35.4 Å². The highest BCUT2D eigenvalue weighted by Gasteiger charge is 2.36. The third-order valence-corrected chi connectivity index (χ3v) is 5.68. The van der Waals surface area contributed by atoms with E-state index in [1.807, 2.05) is 30.3 Å². The fourth-order valence-electron chi connectivity index (χ4n) is 4.05. The summed E-state index contributed by atoms with van der Waals surface area (Å²) in [5, 5.41) is 12.7. The predicted octanol–water partition coefficient (Wildman–Crippen LogP) is 3.81. The molecule has 2 atom stereocenters.